The minimum atomic E-state index is -1.50. The van der Waals surface area contributed by atoms with E-state index < -0.39 is 54.6 Å². The van der Waals surface area contributed by atoms with Crippen LogP contribution in [0.1, 0.15) is 30.4 Å². The van der Waals surface area contributed by atoms with Crippen molar-refractivity contribution in [1.82, 2.24) is 4.90 Å². The van der Waals surface area contributed by atoms with Gasteiger partial charge in [-0.3, -0.25) is 0 Å². The van der Waals surface area contributed by atoms with Gasteiger partial charge in [0.25, 0.3) is 0 Å². The fourth-order valence-electron chi connectivity index (χ4n) is 5.65. The van der Waals surface area contributed by atoms with E-state index in [2.05, 4.69) is 30.1 Å². The Morgan fingerprint density at radius 2 is 1.45 bits per heavy atom. The van der Waals surface area contributed by atoms with E-state index >= 15 is 0 Å². The molecule has 1 amide bonds. The van der Waals surface area contributed by atoms with E-state index in [0.717, 1.165) is 11.1 Å². The molecule has 0 bridgehead atoms. The molecule has 15 nitrogen and oxygen atoms in total. The van der Waals surface area contributed by atoms with Crippen molar-refractivity contribution in [2.45, 2.75) is 75.0 Å². The first kappa shape index (κ1) is 30.5. The number of benzene rings is 2. The second-order valence-corrected chi connectivity index (χ2v) is 10.3. The Hall–Kier alpha value is -4.48. The van der Waals surface area contributed by atoms with Gasteiger partial charge in [-0.15, -0.1) is 0 Å². The van der Waals surface area contributed by atoms with Gasteiger partial charge in [0.05, 0.1) is 43.0 Å². The summed E-state index contributed by atoms with van der Waals surface area (Å²) in [5.41, 5.74) is 29.0. The minimum Gasteiger partial charge on any atom is -0.445 e. The van der Waals surface area contributed by atoms with Crippen LogP contribution in [0.5, 0.6) is 0 Å². The van der Waals surface area contributed by atoms with Crippen molar-refractivity contribution in [2.24, 2.45) is 21.3 Å². The van der Waals surface area contributed by atoms with E-state index in [0.29, 0.717) is 12.8 Å². The van der Waals surface area contributed by atoms with Crippen LogP contribution in [0.25, 0.3) is 31.3 Å². The van der Waals surface area contributed by atoms with Gasteiger partial charge in [0.2, 0.25) is 0 Å². The Morgan fingerprint density at radius 1 is 0.857 bits per heavy atom. The normalized spacial score (nSPS) is 28.7. The summed E-state index contributed by atoms with van der Waals surface area (Å²) in [5.74, 6) is -0.966. The number of aliphatic hydroxyl groups excluding tert-OH is 2. The monoisotopic (exact) mass is 576 g/mol. The van der Waals surface area contributed by atoms with Crippen molar-refractivity contribution in [1.29, 1.82) is 0 Å². The fourth-order valence-corrected chi connectivity index (χ4v) is 5.65. The molecule has 0 aromatic heterocycles. The summed E-state index contributed by atoms with van der Waals surface area (Å²) in [4.78, 5) is 23.4. The molecule has 1 saturated carbocycles. The van der Waals surface area contributed by atoms with Crippen LogP contribution in [0.4, 0.5) is 4.79 Å². The van der Waals surface area contributed by atoms with Gasteiger partial charge >= 0.3 is 6.09 Å². The predicted octanol–water partition coefficient (Wildman–Crippen LogP) is 5.15. The van der Waals surface area contributed by atoms with Gasteiger partial charge in [-0.25, -0.2) is 4.79 Å². The number of aliphatic hydroxyl groups is 2. The van der Waals surface area contributed by atoms with E-state index in [4.69, 9.17) is 15.0 Å². The summed E-state index contributed by atoms with van der Waals surface area (Å²) >= 11 is 0. The molecule has 15 heteroatoms. The van der Waals surface area contributed by atoms with Crippen molar-refractivity contribution in [3.05, 3.63) is 103 Å². The van der Waals surface area contributed by atoms with Gasteiger partial charge in [-0.05, 0) is 47.0 Å². The summed E-state index contributed by atoms with van der Waals surface area (Å²) in [6, 6.07) is 16.0. The van der Waals surface area contributed by atoms with Crippen molar-refractivity contribution in [3.63, 3.8) is 0 Å². The molecule has 2 aromatic rings. The van der Waals surface area contributed by atoms with Crippen LogP contribution in [0.3, 0.4) is 0 Å². The van der Waals surface area contributed by atoms with E-state index in [1.165, 1.54) is 4.90 Å². The van der Waals surface area contributed by atoms with Gasteiger partial charge in [-0.2, -0.15) is 0 Å². The number of ether oxygens (including phenoxy) is 2. The van der Waals surface area contributed by atoms with Crippen molar-refractivity contribution in [3.8, 4) is 0 Å². The molecule has 220 valence electrons. The number of nitrogens with zero attached hydrogens (tertiary/aromatic N) is 10. The highest BCUT2D eigenvalue weighted by molar-refractivity contribution is 5.67. The molecule has 42 heavy (non-hydrogen) atoms. The van der Waals surface area contributed by atoms with Crippen molar-refractivity contribution < 1.29 is 24.5 Å². The summed E-state index contributed by atoms with van der Waals surface area (Å²) in [7, 11) is 0. The SMILES string of the molecule is [N-]=[N+]=NC1CC[C@@H](CN(Cc2ccccc2)C(=O)OCc2ccccc2)OC1[C@@H]1C(N=[N+]=[N-])CC(N=[N+]=[N-])[C@H](O)[C@H]1O. The minimum absolute atomic E-state index is 0.0313. The molecule has 1 heterocycles. The Morgan fingerprint density at radius 3 is 2.10 bits per heavy atom. The molecule has 8 atom stereocenters. The van der Waals surface area contributed by atoms with Crippen molar-refractivity contribution >= 4 is 6.09 Å². The molecule has 1 aliphatic heterocycles. The molecule has 1 aliphatic carbocycles. The van der Waals surface area contributed by atoms with Crippen LogP contribution >= 0.6 is 0 Å². The Bertz CT molecular complexity index is 1330. The lowest BCUT2D eigenvalue weighted by Crippen LogP contribution is -2.59. The van der Waals surface area contributed by atoms with Crippen LogP contribution in [-0.2, 0) is 22.6 Å². The van der Waals surface area contributed by atoms with E-state index in [1.54, 1.807) is 0 Å². The molecule has 4 unspecified atom stereocenters. The lowest BCUT2D eigenvalue weighted by Gasteiger charge is -2.47. The van der Waals surface area contributed by atoms with Crippen LogP contribution in [0.15, 0.2) is 76.0 Å². The summed E-state index contributed by atoms with van der Waals surface area (Å²) in [5, 5.41) is 33.0. The third kappa shape index (κ3) is 7.62. The highest BCUT2D eigenvalue weighted by atomic mass is 16.6. The number of carbonyl (C=O) groups excluding carboxylic acids is 1. The number of rotatable bonds is 10. The molecular formula is C27H32N10O5. The van der Waals surface area contributed by atoms with Gasteiger partial charge in [0.1, 0.15) is 6.61 Å². The Balaban J connectivity index is 1.56. The van der Waals surface area contributed by atoms with E-state index in [1.807, 2.05) is 60.7 Å². The van der Waals surface area contributed by atoms with Gasteiger partial charge in [-0.1, -0.05) is 76.0 Å². The lowest BCUT2D eigenvalue weighted by molar-refractivity contribution is -0.155. The zero-order valence-electron chi connectivity index (χ0n) is 22.7. The van der Waals surface area contributed by atoms with E-state index in [-0.39, 0.29) is 26.1 Å². The van der Waals surface area contributed by atoms with Crippen LogP contribution in [-0.4, -0.2) is 70.3 Å². The third-order valence-electron chi connectivity index (χ3n) is 7.66. The van der Waals surface area contributed by atoms with E-state index in [9.17, 15) is 26.1 Å². The molecule has 2 aliphatic rings. The predicted molar refractivity (Wildman–Crippen MR) is 150 cm³/mol. The molecule has 0 spiro atoms. The molecule has 2 fully saturated rings. The highest BCUT2D eigenvalue weighted by Crippen LogP contribution is 2.39. The van der Waals surface area contributed by atoms with Crippen molar-refractivity contribution in [2.75, 3.05) is 6.54 Å². The molecule has 2 N–H and O–H groups in total. The standard InChI is InChI=1S/C27H32N10O5/c28-34-31-20-12-11-19(42-26(20)23-21(32-35-29)13-22(33-36-30)24(38)25(23)39)15-37(14-17-7-3-1-4-8-17)27(40)41-16-18-9-5-2-6-10-18/h1-10,19-26,38-39H,11-16H2/t19-,20?,21?,22?,23+,24-,25-,26?/m0/s1. The highest BCUT2D eigenvalue weighted by Gasteiger charge is 2.50. The first-order valence-corrected chi connectivity index (χ1v) is 13.6. The summed E-state index contributed by atoms with van der Waals surface area (Å²) in [6.07, 6.45) is -4.25. The molecule has 1 saturated heterocycles. The second-order valence-electron chi connectivity index (χ2n) is 10.3. The zero-order valence-corrected chi connectivity index (χ0v) is 22.7. The van der Waals surface area contributed by atoms with Crippen LogP contribution in [0.2, 0.25) is 0 Å². The number of carbonyl (C=O) groups is 1. The first-order chi connectivity index (χ1) is 20.4. The maximum absolute atomic E-state index is 13.3. The number of amides is 1. The van der Waals surface area contributed by atoms with Gasteiger partial charge < -0.3 is 24.6 Å². The van der Waals surface area contributed by atoms with Gasteiger partial charge in [0.15, 0.2) is 0 Å². The topological polar surface area (TPSA) is 226 Å². The molecule has 2 aromatic carbocycles. The summed E-state index contributed by atoms with van der Waals surface area (Å²) < 4.78 is 12.0. The second kappa shape index (κ2) is 14.9. The molecular weight excluding hydrogens is 544 g/mol. The third-order valence-corrected chi connectivity index (χ3v) is 7.66. The Kier molecular flexibility index (Phi) is 10.8. The van der Waals surface area contributed by atoms with Gasteiger partial charge in [0, 0.05) is 33.2 Å². The lowest BCUT2D eigenvalue weighted by atomic mass is 9.72. The number of azide groups is 3. The molecule has 4 rings (SSSR count). The Labute approximate surface area is 241 Å². The van der Waals surface area contributed by atoms with Crippen LogP contribution < -0.4 is 0 Å². The number of hydrogen-bond donors (Lipinski definition) is 2. The fraction of sp³-hybridized carbons (Fsp3) is 0.519. The largest absolute Gasteiger partial charge is 0.445 e. The average Bonchev–Trinajstić information content (AvgIpc) is 3.00. The maximum Gasteiger partial charge on any atom is 0.410 e. The first-order valence-electron chi connectivity index (χ1n) is 13.6. The summed E-state index contributed by atoms with van der Waals surface area (Å²) in [6.45, 7) is 0.462. The average molecular weight is 577 g/mol. The quantitative estimate of drug-likeness (QED) is 0.221. The smallest absolute Gasteiger partial charge is 0.410 e. The van der Waals surface area contributed by atoms with Crippen LogP contribution in [0, 0.1) is 5.92 Å². The zero-order chi connectivity index (χ0) is 29.9. The maximum atomic E-state index is 13.3. The number of hydrogen-bond acceptors (Lipinski definition) is 8. The molecule has 0 radical (unpaired) electrons.